The Bertz CT molecular complexity index is 479. The summed E-state index contributed by atoms with van der Waals surface area (Å²) < 4.78 is 0. The van der Waals surface area contributed by atoms with Gasteiger partial charge in [0.15, 0.2) is 0 Å². The number of hydrogen-bond acceptors (Lipinski definition) is 2. The molecule has 3 unspecified atom stereocenters. The third kappa shape index (κ3) is 6.55. The molecule has 4 N–H and O–H groups in total. The Kier molecular flexibility index (Phi) is 7.60. The summed E-state index contributed by atoms with van der Waals surface area (Å²) in [4.78, 5) is 0. The molecule has 1 aromatic carbocycles. The summed E-state index contributed by atoms with van der Waals surface area (Å²) in [7, 11) is 0. The molecule has 2 nitrogen and oxygen atoms in total. The molecule has 132 valence electrons. The summed E-state index contributed by atoms with van der Waals surface area (Å²) in [5, 5.41) is 0. The van der Waals surface area contributed by atoms with Gasteiger partial charge in [0.05, 0.1) is 0 Å². The highest BCUT2D eigenvalue weighted by Gasteiger charge is 2.26. The highest BCUT2D eigenvalue weighted by molar-refractivity contribution is 5.49. The molecule has 1 aromatic rings. The highest BCUT2D eigenvalue weighted by atomic mass is 14.7. The minimum atomic E-state index is 0.249. The highest BCUT2D eigenvalue weighted by Crippen LogP contribution is 2.36. The number of rotatable bonds is 9. The zero-order chi connectivity index (χ0) is 17.6. The van der Waals surface area contributed by atoms with Crippen LogP contribution in [0.4, 0.5) is 5.69 Å². The fourth-order valence-corrected chi connectivity index (χ4v) is 3.57. The molecule has 0 fully saturated rings. The maximum Gasteiger partial charge on any atom is 0.0346 e. The van der Waals surface area contributed by atoms with Crippen LogP contribution in [0, 0.1) is 18.3 Å². The van der Waals surface area contributed by atoms with Crippen LogP contribution in [0.5, 0.6) is 0 Å². The number of unbranched alkanes of at least 4 members (excludes halogenated alkanes) is 1. The molecule has 3 atom stereocenters. The van der Waals surface area contributed by atoms with Crippen LogP contribution in [0.25, 0.3) is 0 Å². The van der Waals surface area contributed by atoms with Crippen molar-refractivity contribution in [3.63, 3.8) is 0 Å². The van der Waals surface area contributed by atoms with E-state index in [1.165, 1.54) is 24.8 Å². The van der Waals surface area contributed by atoms with Gasteiger partial charge in [0, 0.05) is 11.7 Å². The second-order valence-electron chi connectivity index (χ2n) is 8.37. The van der Waals surface area contributed by atoms with Gasteiger partial charge in [0.1, 0.15) is 0 Å². The lowest BCUT2D eigenvalue weighted by Crippen LogP contribution is -2.34. The molecule has 2 heteroatoms. The average molecular weight is 319 g/mol. The molecular weight excluding hydrogens is 280 g/mol. The van der Waals surface area contributed by atoms with Crippen molar-refractivity contribution in [3.05, 3.63) is 29.3 Å². The SMILES string of the molecule is CCCCC(C)C(N)CC(C)(C)CC(C)c1ccc(C)c(N)c1. The van der Waals surface area contributed by atoms with E-state index in [1.54, 1.807) is 0 Å². The third-order valence-corrected chi connectivity index (χ3v) is 5.26. The Morgan fingerprint density at radius 3 is 2.35 bits per heavy atom. The third-order valence-electron chi connectivity index (χ3n) is 5.26. The predicted octanol–water partition coefficient (Wildman–Crippen LogP) is 5.64. The number of anilines is 1. The van der Waals surface area contributed by atoms with Gasteiger partial charge in [-0.1, -0.05) is 59.6 Å². The van der Waals surface area contributed by atoms with Crippen LogP contribution in [0.1, 0.15) is 83.8 Å². The number of aryl methyl sites for hydroxylation is 1. The van der Waals surface area contributed by atoms with Gasteiger partial charge < -0.3 is 11.5 Å². The Labute approximate surface area is 144 Å². The Hall–Kier alpha value is -1.02. The van der Waals surface area contributed by atoms with Crippen LogP contribution >= 0.6 is 0 Å². The summed E-state index contributed by atoms with van der Waals surface area (Å²) in [5.41, 5.74) is 16.2. The molecule has 0 aromatic heterocycles. The minimum absolute atomic E-state index is 0.249. The van der Waals surface area contributed by atoms with Crippen molar-refractivity contribution in [2.75, 3.05) is 5.73 Å². The Morgan fingerprint density at radius 1 is 1.13 bits per heavy atom. The van der Waals surface area contributed by atoms with E-state index in [0.717, 1.165) is 24.1 Å². The van der Waals surface area contributed by atoms with Crippen LogP contribution < -0.4 is 11.5 Å². The largest absolute Gasteiger partial charge is 0.399 e. The molecule has 0 amide bonds. The molecule has 1 rings (SSSR count). The molecular formula is C21H38N2. The van der Waals surface area contributed by atoms with E-state index < -0.39 is 0 Å². The molecule has 0 heterocycles. The maximum atomic E-state index is 6.48. The first-order valence-electron chi connectivity index (χ1n) is 9.28. The molecule has 0 spiro atoms. The van der Waals surface area contributed by atoms with Crippen molar-refractivity contribution in [1.82, 2.24) is 0 Å². The molecule has 0 bridgehead atoms. The summed E-state index contributed by atoms with van der Waals surface area (Å²) in [6.45, 7) is 13.6. The first-order chi connectivity index (χ1) is 10.7. The van der Waals surface area contributed by atoms with Crippen molar-refractivity contribution in [2.45, 2.75) is 85.6 Å². The van der Waals surface area contributed by atoms with Gasteiger partial charge in [-0.05, 0) is 60.6 Å². The van der Waals surface area contributed by atoms with Crippen molar-refractivity contribution >= 4 is 5.69 Å². The van der Waals surface area contributed by atoms with Gasteiger partial charge in [-0.25, -0.2) is 0 Å². The fraction of sp³-hybridized carbons (Fsp3) is 0.714. The van der Waals surface area contributed by atoms with Crippen molar-refractivity contribution in [2.24, 2.45) is 17.1 Å². The molecule has 0 aliphatic heterocycles. The van der Waals surface area contributed by atoms with Crippen molar-refractivity contribution < 1.29 is 0 Å². The normalized spacial score (nSPS) is 16.1. The van der Waals surface area contributed by atoms with Crippen molar-refractivity contribution in [1.29, 1.82) is 0 Å². The van der Waals surface area contributed by atoms with Crippen molar-refractivity contribution in [3.8, 4) is 0 Å². The lowest BCUT2D eigenvalue weighted by molar-refractivity contribution is 0.231. The van der Waals surface area contributed by atoms with Crippen LogP contribution in [-0.2, 0) is 0 Å². The smallest absolute Gasteiger partial charge is 0.0346 e. The van der Waals surface area contributed by atoms with Gasteiger partial charge in [0.25, 0.3) is 0 Å². The van der Waals surface area contributed by atoms with Gasteiger partial charge in [-0.2, -0.15) is 0 Å². The number of benzene rings is 1. The molecule has 0 saturated carbocycles. The monoisotopic (exact) mass is 318 g/mol. The number of hydrogen-bond donors (Lipinski definition) is 2. The lowest BCUT2D eigenvalue weighted by atomic mass is 9.74. The average Bonchev–Trinajstić information content (AvgIpc) is 2.46. The van der Waals surface area contributed by atoms with E-state index in [9.17, 15) is 0 Å². The number of nitrogens with two attached hydrogens (primary N) is 2. The zero-order valence-electron chi connectivity index (χ0n) is 16.2. The fourth-order valence-electron chi connectivity index (χ4n) is 3.57. The predicted molar refractivity (Wildman–Crippen MR) is 104 cm³/mol. The lowest BCUT2D eigenvalue weighted by Gasteiger charge is -2.33. The number of nitrogen functional groups attached to an aromatic ring is 1. The van der Waals surface area contributed by atoms with Crippen LogP contribution in [0.3, 0.4) is 0 Å². The summed E-state index contributed by atoms with van der Waals surface area (Å²) in [6.07, 6.45) is 6.02. The molecule has 0 aliphatic rings. The van der Waals surface area contributed by atoms with E-state index in [1.807, 2.05) is 0 Å². The second-order valence-corrected chi connectivity index (χ2v) is 8.37. The second kappa shape index (κ2) is 8.73. The molecule has 0 saturated heterocycles. The van der Waals surface area contributed by atoms with E-state index in [4.69, 9.17) is 11.5 Å². The zero-order valence-corrected chi connectivity index (χ0v) is 16.2. The van der Waals surface area contributed by atoms with Gasteiger partial charge >= 0.3 is 0 Å². The van der Waals surface area contributed by atoms with Crippen LogP contribution in [-0.4, -0.2) is 6.04 Å². The van der Waals surface area contributed by atoms with Gasteiger partial charge in [-0.3, -0.25) is 0 Å². The van der Waals surface area contributed by atoms with Crippen LogP contribution in [0.2, 0.25) is 0 Å². The van der Waals surface area contributed by atoms with E-state index in [-0.39, 0.29) is 5.41 Å². The molecule has 0 radical (unpaired) electrons. The minimum Gasteiger partial charge on any atom is -0.399 e. The maximum absolute atomic E-state index is 6.48. The van der Waals surface area contributed by atoms with E-state index in [2.05, 4.69) is 59.7 Å². The first kappa shape index (κ1) is 20.0. The summed E-state index contributed by atoms with van der Waals surface area (Å²) in [6, 6.07) is 6.79. The summed E-state index contributed by atoms with van der Waals surface area (Å²) in [5.74, 6) is 1.12. The van der Waals surface area contributed by atoms with E-state index in [0.29, 0.717) is 17.9 Å². The first-order valence-corrected chi connectivity index (χ1v) is 9.28. The molecule has 0 aliphatic carbocycles. The Balaban J connectivity index is 2.63. The quantitative estimate of drug-likeness (QED) is 0.579. The van der Waals surface area contributed by atoms with Gasteiger partial charge in [0.2, 0.25) is 0 Å². The topological polar surface area (TPSA) is 52.0 Å². The summed E-state index contributed by atoms with van der Waals surface area (Å²) >= 11 is 0. The molecule has 23 heavy (non-hydrogen) atoms. The Morgan fingerprint density at radius 2 is 1.78 bits per heavy atom. The standard InChI is InChI=1S/C21H38N2/c1-7-8-9-15(2)20(23)14-21(5,6)13-17(4)18-11-10-16(3)19(22)12-18/h10-12,15,17,20H,7-9,13-14,22-23H2,1-6H3. The van der Waals surface area contributed by atoms with E-state index >= 15 is 0 Å². The van der Waals surface area contributed by atoms with Crippen LogP contribution in [0.15, 0.2) is 18.2 Å². The van der Waals surface area contributed by atoms with Gasteiger partial charge in [-0.15, -0.1) is 0 Å².